The molecule has 0 amide bonds. The summed E-state index contributed by atoms with van der Waals surface area (Å²) in [6.07, 6.45) is 0.636. The van der Waals surface area contributed by atoms with Gasteiger partial charge in [0, 0.05) is 6.42 Å². The van der Waals surface area contributed by atoms with E-state index in [9.17, 15) is 5.11 Å². The summed E-state index contributed by atoms with van der Waals surface area (Å²) in [7, 11) is 0. The molecule has 0 fully saturated rings. The summed E-state index contributed by atoms with van der Waals surface area (Å²) in [5, 5.41) is 44.2. The predicted octanol–water partition coefficient (Wildman–Crippen LogP) is -1.07. The van der Waals surface area contributed by atoms with Crippen LogP contribution < -0.4 is 0 Å². The largest absolute Gasteiger partial charge is 0.362 e. The highest BCUT2D eigenvalue weighted by molar-refractivity contribution is 4.71. The van der Waals surface area contributed by atoms with Gasteiger partial charge in [0.1, 0.15) is 0 Å². The third-order valence-corrected chi connectivity index (χ3v) is 1.40. The third kappa shape index (κ3) is 3.13. The van der Waals surface area contributed by atoms with Crippen LogP contribution in [0.1, 0.15) is 26.2 Å². The molecule has 0 aliphatic heterocycles. The molecule has 0 aromatic carbocycles. The molecule has 5 heteroatoms. The number of unbranched alkanes of at least 4 members (excludes halogenated alkanes) is 1. The lowest BCUT2D eigenvalue weighted by molar-refractivity contribution is -0.468. The van der Waals surface area contributed by atoms with E-state index in [0.29, 0.717) is 12.8 Å². The Morgan fingerprint density at radius 3 is 1.91 bits per heavy atom. The van der Waals surface area contributed by atoms with Gasteiger partial charge in [0.05, 0.1) is 0 Å². The highest BCUT2D eigenvalue weighted by atomic mass is 16.7. The maximum atomic E-state index is 10.2. The third-order valence-electron chi connectivity index (χ3n) is 1.40. The van der Waals surface area contributed by atoms with Crippen molar-refractivity contribution in [3.63, 3.8) is 0 Å². The van der Waals surface area contributed by atoms with Crippen LogP contribution in [0.15, 0.2) is 0 Å². The second kappa shape index (κ2) is 3.46. The van der Waals surface area contributed by atoms with E-state index in [0.717, 1.165) is 0 Å². The lowest BCUT2D eigenvalue weighted by atomic mass is 10.1. The minimum absolute atomic E-state index is 0.345. The van der Waals surface area contributed by atoms with E-state index in [2.05, 4.69) is 0 Å². The van der Waals surface area contributed by atoms with E-state index >= 15 is 0 Å². The van der Waals surface area contributed by atoms with Gasteiger partial charge in [0.2, 0.25) is 5.79 Å². The summed E-state index contributed by atoms with van der Waals surface area (Å²) in [5.74, 6) is -6.65. The maximum Gasteiger partial charge on any atom is 0.362 e. The molecule has 0 atom stereocenters. The van der Waals surface area contributed by atoms with E-state index < -0.39 is 11.8 Å². The highest BCUT2D eigenvalue weighted by Crippen LogP contribution is 2.20. The van der Waals surface area contributed by atoms with Gasteiger partial charge in [0.25, 0.3) is 0 Å². The van der Waals surface area contributed by atoms with Crippen LogP contribution >= 0.6 is 0 Å². The van der Waals surface area contributed by atoms with Crippen LogP contribution in [-0.2, 0) is 5.11 Å². The van der Waals surface area contributed by atoms with Crippen LogP contribution in [-0.4, -0.2) is 32.2 Å². The topological polar surface area (TPSA) is 101 Å². The molecule has 0 saturated heterocycles. The standard InChI is InChI=1S/C6H13O5/c1-2-3-4-5(7,8)6(9,10)11/h7-10H,2-4H2,1H3. The molecule has 1 radical (unpaired) electrons. The quantitative estimate of drug-likeness (QED) is 0.398. The van der Waals surface area contributed by atoms with Gasteiger partial charge in [-0.05, 0) is 6.42 Å². The van der Waals surface area contributed by atoms with Crippen LogP contribution in [0.4, 0.5) is 0 Å². The summed E-state index contributed by atoms with van der Waals surface area (Å²) in [6.45, 7) is 1.78. The normalized spacial score (nSPS) is 13.6. The number of hydrogen-bond donors (Lipinski definition) is 4. The first kappa shape index (κ1) is 10.8. The first-order chi connectivity index (χ1) is 4.81. The van der Waals surface area contributed by atoms with Crippen LogP contribution in [0.3, 0.4) is 0 Å². The molecule has 0 rings (SSSR count). The molecule has 0 heterocycles. The lowest BCUT2D eigenvalue weighted by Gasteiger charge is -2.27. The van der Waals surface area contributed by atoms with Crippen LogP contribution in [0.25, 0.3) is 0 Å². The van der Waals surface area contributed by atoms with E-state index in [1.807, 2.05) is 0 Å². The van der Waals surface area contributed by atoms with E-state index in [4.69, 9.17) is 20.4 Å². The molecule has 67 valence electrons. The smallest absolute Gasteiger partial charge is 0.359 e. The Kier molecular flexibility index (Phi) is 3.40. The summed E-state index contributed by atoms with van der Waals surface area (Å²) in [4.78, 5) is 0. The zero-order valence-electron chi connectivity index (χ0n) is 6.32. The first-order valence-electron chi connectivity index (χ1n) is 3.41. The van der Waals surface area contributed by atoms with Gasteiger partial charge in [-0.2, -0.15) is 5.11 Å². The van der Waals surface area contributed by atoms with Crippen molar-refractivity contribution in [2.75, 3.05) is 0 Å². The molecule has 0 aliphatic carbocycles. The van der Waals surface area contributed by atoms with Crippen molar-refractivity contribution < 1.29 is 25.5 Å². The predicted molar refractivity (Wildman–Crippen MR) is 34.5 cm³/mol. The first-order valence-corrected chi connectivity index (χ1v) is 3.41. The Morgan fingerprint density at radius 2 is 1.64 bits per heavy atom. The molecule has 4 N–H and O–H groups in total. The molecule has 0 unspecified atom stereocenters. The molecule has 5 nitrogen and oxygen atoms in total. The van der Waals surface area contributed by atoms with Crippen LogP contribution in [0.2, 0.25) is 0 Å². The fourth-order valence-electron chi connectivity index (χ4n) is 0.586. The minimum atomic E-state index is -3.69. The molecular weight excluding hydrogens is 152 g/mol. The summed E-state index contributed by atoms with van der Waals surface area (Å²) >= 11 is 0. The molecule has 0 saturated carbocycles. The van der Waals surface area contributed by atoms with Gasteiger partial charge in [-0.25, -0.2) is 0 Å². The molecule has 0 spiro atoms. The van der Waals surface area contributed by atoms with Gasteiger partial charge in [-0.1, -0.05) is 13.3 Å². The van der Waals surface area contributed by atoms with E-state index in [1.54, 1.807) is 6.92 Å². The Hall–Kier alpha value is -0.200. The molecule has 0 aromatic rings. The SMILES string of the molecule is CCCCC(O)(O)C([O])(O)O. The minimum Gasteiger partial charge on any atom is -0.359 e. The number of aliphatic hydroxyl groups is 4. The fraction of sp³-hybridized carbons (Fsp3) is 1.00. The summed E-state index contributed by atoms with van der Waals surface area (Å²) in [5.41, 5.74) is 0. The van der Waals surface area contributed by atoms with Gasteiger partial charge in [-0.3, -0.25) is 0 Å². The van der Waals surface area contributed by atoms with Crippen molar-refractivity contribution >= 4 is 0 Å². The molecular formula is C6H13O5. The Morgan fingerprint density at radius 1 is 1.18 bits per heavy atom. The average molecular weight is 165 g/mol. The lowest BCUT2D eigenvalue weighted by Crippen LogP contribution is -2.53. The van der Waals surface area contributed by atoms with Crippen molar-refractivity contribution in [2.24, 2.45) is 0 Å². The maximum absolute atomic E-state index is 10.2. The monoisotopic (exact) mass is 165 g/mol. The second-order valence-corrected chi connectivity index (χ2v) is 2.53. The molecule has 0 bridgehead atoms. The highest BCUT2D eigenvalue weighted by Gasteiger charge is 2.47. The Labute approximate surface area is 64.5 Å². The van der Waals surface area contributed by atoms with Gasteiger partial charge in [-0.15, -0.1) is 0 Å². The summed E-state index contributed by atoms with van der Waals surface area (Å²) < 4.78 is 0. The number of rotatable bonds is 4. The average Bonchev–Trinajstić information content (AvgIpc) is 1.81. The number of hydrogen-bond acceptors (Lipinski definition) is 4. The Bertz CT molecular complexity index is 115. The van der Waals surface area contributed by atoms with Crippen molar-refractivity contribution in [2.45, 2.75) is 37.9 Å². The van der Waals surface area contributed by atoms with Crippen LogP contribution in [0, 0.1) is 0 Å². The Balaban J connectivity index is 4.00. The van der Waals surface area contributed by atoms with E-state index in [1.165, 1.54) is 0 Å². The van der Waals surface area contributed by atoms with Crippen molar-refractivity contribution in [3.05, 3.63) is 0 Å². The fourth-order valence-corrected chi connectivity index (χ4v) is 0.586. The van der Waals surface area contributed by atoms with Gasteiger partial charge >= 0.3 is 5.97 Å². The van der Waals surface area contributed by atoms with Crippen molar-refractivity contribution in [3.8, 4) is 0 Å². The zero-order valence-corrected chi connectivity index (χ0v) is 6.32. The van der Waals surface area contributed by atoms with E-state index in [-0.39, 0.29) is 6.42 Å². The van der Waals surface area contributed by atoms with Crippen molar-refractivity contribution in [1.29, 1.82) is 0 Å². The molecule has 0 aromatic heterocycles. The zero-order chi connectivity index (χ0) is 9.12. The van der Waals surface area contributed by atoms with Gasteiger partial charge in [0.15, 0.2) is 0 Å². The molecule has 0 aliphatic rings. The second-order valence-electron chi connectivity index (χ2n) is 2.53. The summed E-state index contributed by atoms with van der Waals surface area (Å²) in [6, 6.07) is 0. The van der Waals surface area contributed by atoms with Crippen molar-refractivity contribution in [1.82, 2.24) is 0 Å². The van der Waals surface area contributed by atoms with Crippen LogP contribution in [0.5, 0.6) is 0 Å². The molecule has 11 heavy (non-hydrogen) atoms. The van der Waals surface area contributed by atoms with Gasteiger partial charge < -0.3 is 20.4 Å².